The highest BCUT2D eigenvalue weighted by atomic mass is 32.1. The summed E-state index contributed by atoms with van der Waals surface area (Å²) in [6, 6.07) is 12.8. The summed E-state index contributed by atoms with van der Waals surface area (Å²) >= 11 is 1.85. The van der Waals surface area contributed by atoms with Crippen LogP contribution < -0.4 is 10.1 Å². The van der Waals surface area contributed by atoms with E-state index in [1.54, 1.807) is 7.11 Å². The van der Waals surface area contributed by atoms with E-state index >= 15 is 0 Å². The van der Waals surface area contributed by atoms with Crippen LogP contribution in [0, 0.1) is 0 Å². The molecule has 1 unspecified atom stereocenters. The summed E-state index contributed by atoms with van der Waals surface area (Å²) < 4.78 is 10.9. The van der Waals surface area contributed by atoms with Crippen LogP contribution in [0.2, 0.25) is 0 Å². The monoisotopic (exact) mass is 305 g/mol. The predicted molar refractivity (Wildman–Crippen MR) is 88.4 cm³/mol. The zero-order valence-electron chi connectivity index (χ0n) is 12.9. The molecule has 114 valence electrons. The number of ether oxygens (including phenoxy) is 2. The summed E-state index contributed by atoms with van der Waals surface area (Å²) in [6.45, 7) is 3.35. The SMILES string of the molecule is CCc1ccc(C(NC)c2ccccc2OCCOC)s1. The average molecular weight is 305 g/mol. The van der Waals surface area contributed by atoms with E-state index < -0.39 is 0 Å². The van der Waals surface area contributed by atoms with Gasteiger partial charge in [-0.3, -0.25) is 0 Å². The Balaban J connectivity index is 2.24. The van der Waals surface area contributed by atoms with Gasteiger partial charge in [0.2, 0.25) is 0 Å². The quantitative estimate of drug-likeness (QED) is 0.755. The zero-order chi connectivity index (χ0) is 15.1. The van der Waals surface area contributed by atoms with Crippen LogP contribution in [0.1, 0.15) is 28.3 Å². The van der Waals surface area contributed by atoms with Gasteiger partial charge < -0.3 is 14.8 Å². The molecule has 3 nitrogen and oxygen atoms in total. The van der Waals surface area contributed by atoms with Crippen molar-refractivity contribution in [2.75, 3.05) is 27.4 Å². The number of hydrogen-bond acceptors (Lipinski definition) is 4. The van der Waals surface area contributed by atoms with E-state index in [9.17, 15) is 0 Å². The molecule has 0 bridgehead atoms. The predicted octanol–water partition coefficient (Wildman–Crippen LogP) is 3.64. The van der Waals surface area contributed by atoms with Crippen LogP contribution in [0.3, 0.4) is 0 Å². The Morgan fingerprint density at radius 1 is 1.14 bits per heavy atom. The summed E-state index contributed by atoms with van der Waals surface area (Å²) in [5.74, 6) is 0.917. The third-order valence-electron chi connectivity index (χ3n) is 3.38. The highest BCUT2D eigenvalue weighted by Crippen LogP contribution is 2.33. The summed E-state index contributed by atoms with van der Waals surface area (Å²) in [7, 11) is 3.67. The van der Waals surface area contributed by atoms with Crippen molar-refractivity contribution in [1.29, 1.82) is 0 Å². The number of methoxy groups -OCH3 is 1. The number of aryl methyl sites for hydroxylation is 1. The average Bonchev–Trinajstić information content (AvgIpc) is 2.98. The standard InChI is InChI=1S/C17H23NO2S/c1-4-13-9-10-16(21-13)17(18-2)14-7-5-6-8-15(14)20-12-11-19-3/h5-10,17-18H,4,11-12H2,1-3H3. The molecule has 0 amide bonds. The van der Waals surface area contributed by atoms with Crippen LogP contribution in [0.5, 0.6) is 5.75 Å². The maximum absolute atomic E-state index is 5.85. The fourth-order valence-corrected chi connectivity index (χ4v) is 3.36. The molecule has 0 saturated heterocycles. The fraction of sp³-hybridized carbons (Fsp3) is 0.412. The molecule has 0 saturated carbocycles. The van der Waals surface area contributed by atoms with Gasteiger partial charge in [0.05, 0.1) is 12.6 Å². The third-order valence-corrected chi connectivity index (χ3v) is 4.67. The normalized spacial score (nSPS) is 12.3. The van der Waals surface area contributed by atoms with Gasteiger partial charge >= 0.3 is 0 Å². The molecule has 1 N–H and O–H groups in total. The first-order valence-electron chi connectivity index (χ1n) is 7.26. The molecule has 1 atom stereocenters. The Morgan fingerprint density at radius 2 is 1.95 bits per heavy atom. The molecule has 0 aliphatic rings. The summed E-state index contributed by atoms with van der Waals surface area (Å²) in [6.07, 6.45) is 1.08. The molecule has 1 heterocycles. The lowest BCUT2D eigenvalue weighted by atomic mass is 10.0. The first kappa shape index (κ1) is 16.0. The number of nitrogens with one attached hydrogen (secondary N) is 1. The Morgan fingerprint density at radius 3 is 2.62 bits per heavy atom. The molecule has 0 aliphatic carbocycles. The van der Waals surface area contributed by atoms with E-state index in [1.807, 2.05) is 30.5 Å². The lowest BCUT2D eigenvalue weighted by Crippen LogP contribution is -2.18. The minimum atomic E-state index is 0.161. The van der Waals surface area contributed by atoms with Gasteiger partial charge in [0, 0.05) is 22.4 Å². The van der Waals surface area contributed by atoms with Crippen molar-refractivity contribution in [3.8, 4) is 5.75 Å². The smallest absolute Gasteiger partial charge is 0.124 e. The van der Waals surface area contributed by atoms with Crippen molar-refractivity contribution in [1.82, 2.24) is 5.32 Å². The van der Waals surface area contributed by atoms with E-state index in [2.05, 4.69) is 36.5 Å². The van der Waals surface area contributed by atoms with Crippen LogP contribution in [0.25, 0.3) is 0 Å². The zero-order valence-corrected chi connectivity index (χ0v) is 13.7. The van der Waals surface area contributed by atoms with E-state index in [4.69, 9.17) is 9.47 Å². The Hall–Kier alpha value is -1.36. The molecule has 2 aromatic rings. The third kappa shape index (κ3) is 4.06. The molecule has 1 aromatic carbocycles. The lowest BCUT2D eigenvalue weighted by Gasteiger charge is -2.19. The number of para-hydroxylation sites is 1. The van der Waals surface area contributed by atoms with Gasteiger partial charge in [-0.15, -0.1) is 11.3 Å². The van der Waals surface area contributed by atoms with Crippen molar-refractivity contribution in [2.24, 2.45) is 0 Å². The van der Waals surface area contributed by atoms with Gasteiger partial charge in [0.1, 0.15) is 12.4 Å². The maximum Gasteiger partial charge on any atom is 0.124 e. The first-order chi connectivity index (χ1) is 10.3. The molecule has 2 rings (SSSR count). The highest BCUT2D eigenvalue weighted by Gasteiger charge is 2.18. The van der Waals surface area contributed by atoms with Crippen LogP contribution in [0.4, 0.5) is 0 Å². The number of thiophene rings is 1. The molecular formula is C17H23NO2S. The lowest BCUT2D eigenvalue weighted by molar-refractivity contribution is 0.145. The summed E-state index contributed by atoms with van der Waals surface area (Å²) in [5.41, 5.74) is 1.17. The maximum atomic E-state index is 5.85. The van der Waals surface area contributed by atoms with Crippen LogP contribution in [0.15, 0.2) is 36.4 Å². The van der Waals surface area contributed by atoms with Crippen molar-refractivity contribution < 1.29 is 9.47 Å². The second-order valence-corrected chi connectivity index (χ2v) is 5.96. The largest absolute Gasteiger partial charge is 0.491 e. The fourth-order valence-electron chi connectivity index (χ4n) is 2.28. The van der Waals surface area contributed by atoms with E-state index in [-0.39, 0.29) is 6.04 Å². The van der Waals surface area contributed by atoms with Crippen molar-refractivity contribution >= 4 is 11.3 Å². The van der Waals surface area contributed by atoms with Gasteiger partial charge in [0.15, 0.2) is 0 Å². The van der Waals surface area contributed by atoms with Gasteiger partial charge in [-0.25, -0.2) is 0 Å². The number of hydrogen-bond donors (Lipinski definition) is 1. The molecular weight excluding hydrogens is 282 g/mol. The van der Waals surface area contributed by atoms with Crippen molar-refractivity contribution in [3.63, 3.8) is 0 Å². The Labute approximate surface area is 130 Å². The Bertz CT molecular complexity index is 553. The van der Waals surface area contributed by atoms with Crippen LogP contribution in [-0.4, -0.2) is 27.4 Å². The minimum absolute atomic E-state index is 0.161. The van der Waals surface area contributed by atoms with Gasteiger partial charge in [-0.05, 0) is 31.7 Å². The number of benzene rings is 1. The van der Waals surface area contributed by atoms with E-state index in [0.29, 0.717) is 13.2 Å². The van der Waals surface area contributed by atoms with Crippen LogP contribution >= 0.6 is 11.3 Å². The molecule has 0 fully saturated rings. The van der Waals surface area contributed by atoms with E-state index in [1.165, 1.54) is 15.3 Å². The first-order valence-corrected chi connectivity index (χ1v) is 8.08. The second-order valence-electron chi connectivity index (χ2n) is 4.76. The molecule has 0 aliphatic heterocycles. The van der Waals surface area contributed by atoms with Crippen molar-refractivity contribution in [3.05, 3.63) is 51.7 Å². The van der Waals surface area contributed by atoms with Gasteiger partial charge in [-0.1, -0.05) is 25.1 Å². The van der Waals surface area contributed by atoms with Crippen molar-refractivity contribution in [2.45, 2.75) is 19.4 Å². The number of rotatable bonds is 8. The molecule has 1 aromatic heterocycles. The topological polar surface area (TPSA) is 30.5 Å². The second kappa shape index (κ2) is 8.17. The minimum Gasteiger partial charge on any atom is -0.491 e. The molecule has 4 heteroatoms. The molecule has 21 heavy (non-hydrogen) atoms. The summed E-state index contributed by atoms with van der Waals surface area (Å²) in [4.78, 5) is 2.72. The van der Waals surface area contributed by atoms with E-state index in [0.717, 1.165) is 12.2 Å². The van der Waals surface area contributed by atoms with Gasteiger partial charge in [-0.2, -0.15) is 0 Å². The van der Waals surface area contributed by atoms with Crippen LogP contribution in [-0.2, 0) is 11.2 Å². The summed E-state index contributed by atoms with van der Waals surface area (Å²) in [5, 5.41) is 3.40. The molecule has 0 spiro atoms. The Kier molecular flexibility index (Phi) is 6.23. The molecule has 0 radical (unpaired) electrons. The van der Waals surface area contributed by atoms with Gasteiger partial charge in [0.25, 0.3) is 0 Å². The highest BCUT2D eigenvalue weighted by molar-refractivity contribution is 7.12.